The number of hydrogen-bond donors (Lipinski definition) is 0. The van der Waals surface area contributed by atoms with Crippen LogP contribution in [-0.4, -0.2) is 17.6 Å². The van der Waals surface area contributed by atoms with Gasteiger partial charge in [0.2, 0.25) is 0 Å². The largest absolute Gasteiger partial charge is 0.495 e. The van der Waals surface area contributed by atoms with E-state index >= 15 is 0 Å². The van der Waals surface area contributed by atoms with E-state index in [1.54, 1.807) is 19.2 Å². The number of carbonyl (C=O) groups excluding carboxylic acids is 1. The van der Waals surface area contributed by atoms with Crippen molar-refractivity contribution in [1.82, 2.24) is 4.57 Å². The van der Waals surface area contributed by atoms with Crippen molar-refractivity contribution in [2.75, 3.05) is 7.11 Å². The van der Waals surface area contributed by atoms with Crippen molar-refractivity contribution in [2.24, 2.45) is 4.99 Å². The van der Waals surface area contributed by atoms with Crippen molar-refractivity contribution < 1.29 is 9.53 Å². The first kappa shape index (κ1) is 19.2. The Bertz CT molecular complexity index is 1210. The average Bonchev–Trinajstić information content (AvgIpc) is 3.18. The number of hydrogen-bond acceptors (Lipinski definition) is 3. The van der Waals surface area contributed by atoms with Gasteiger partial charge in [-0.1, -0.05) is 54.1 Å². The molecule has 3 aromatic carbocycles. The van der Waals surface area contributed by atoms with Crippen molar-refractivity contribution in [3.05, 3.63) is 99.6 Å². The molecule has 144 valence electrons. The Morgan fingerprint density at radius 1 is 0.966 bits per heavy atom. The van der Waals surface area contributed by atoms with E-state index in [-0.39, 0.29) is 5.91 Å². The summed E-state index contributed by atoms with van der Waals surface area (Å²) in [5.74, 6) is 0.397. The van der Waals surface area contributed by atoms with Crippen LogP contribution in [0.15, 0.2) is 89.2 Å². The maximum atomic E-state index is 12.7. The van der Waals surface area contributed by atoms with E-state index in [2.05, 4.69) is 4.99 Å². The fourth-order valence-corrected chi connectivity index (χ4v) is 4.01. The number of nitrogens with zero attached hydrogens (tertiary/aromatic N) is 2. The first-order valence-corrected chi connectivity index (χ1v) is 10.2. The number of carbonyl (C=O) groups is 1. The zero-order valence-electron chi connectivity index (χ0n) is 15.6. The summed E-state index contributed by atoms with van der Waals surface area (Å²) >= 11 is 7.46. The first-order valence-electron chi connectivity index (χ1n) is 8.91. The van der Waals surface area contributed by atoms with Crippen LogP contribution < -0.4 is 9.54 Å². The van der Waals surface area contributed by atoms with Gasteiger partial charge in [-0.3, -0.25) is 9.36 Å². The second-order valence-corrected chi connectivity index (χ2v) is 7.47. The smallest absolute Gasteiger partial charge is 0.279 e. The monoisotopic (exact) mass is 420 g/mol. The Balaban J connectivity index is 1.94. The molecule has 0 aliphatic rings. The lowest BCUT2D eigenvalue weighted by molar-refractivity contribution is 0.0998. The molecule has 0 bridgehead atoms. The number of thiazole rings is 1. The molecule has 29 heavy (non-hydrogen) atoms. The van der Waals surface area contributed by atoms with Gasteiger partial charge in [0.05, 0.1) is 18.5 Å². The van der Waals surface area contributed by atoms with Gasteiger partial charge in [0, 0.05) is 16.0 Å². The van der Waals surface area contributed by atoms with Crippen LogP contribution in [0.4, 0.5) is 0 Å². The number of halogens is 1. The Morgan fingerprint density at radius 2 is 1.66 bits per heavy atom. The third-order valence-corrected chi connectivity index (χ3v) is 5.47. The molecule has 0 saturated carbocycles. The second-order valence-electron chi connectivity index (χ2n) is 6.20. The molecule has 4 aromatic rings. The van der Waals surface area contributed by atoms with Crippen molar-refractivity contribution in [1.29, 1.82) is 0 Å². The number of amides is 1. The molecular weight excluding hydrogens is 404 g/mol. The summed E-state index contributed by atoms with van der Waals surface area (Å²) in [5.41, 5.74) is 3.21. The predicted octanol–water partition coefficient (Wildman–Crippen LogP) is 5.61. The van der Waals surface area contributed by atoms with E-state index in [0.29, 0.717) is 21.1 Å². The fourth-order valence-electron chi connectivity index (χ4n) is 2.99. The van der Waals surface area contributed by atoms with Gasteiger partial charge in [-0.15, -0.1) is 11.3 Å². The lowest BCUT2D eigenvalue weighted by atomic mass is 10.1. The van der Waals surface area contributed by atoms with Crippen LogP contribution in [0.25, 0.3) is 16.9 Å². The zero-order chi connectivity index (χ0) is 20.2. The SMILES string of the molecule is COc1ccccc1-n1c(-c2ccc(Cl)cc2)csc1=NC(=O)c1ccccc1. The molecule has 0 radical (unpaired) electrons. The summed E-state index contributed by atoms with van der Waals surface area (Å²) in [5, 5.41) is 2.64. The molecule has 0 aliphatic heterocycles. The van der Waals surface area contributed by atoms with E-state index in [0.717, 1.165) is 16.9 Å². The van der Waals surface area contributed by atoms with Crippen molar-refractivity contribution >= 4 is 28.8 Å². The molecule has 1 amide bonds. The number of ether oxygens (including phenoxy) is 1. The minimum absolute atomic E-state index is 0.293. The molecule has 1 heterocycles. The third-order valence-electron chi connectivity index (χ3n) is 4.39. The quantitative estimate of drug-likeness (QED) is 0.430. The summed E-state index contributed by atoms with van der Waals surface area (Å²) in [6, 6.07) is 24.3. The number of rotatable bonds is 4. The molecule has 0 aliphatic carbocycles. The van der Waals surface area contributed by atoms with Gasteiger partial charge in [-0.05, 0) is 42.0 Å². The van der Waals surface area contributed by atoms with Gasteiger partial charge in [-0.25, -0.2) is 0 Å². The zero-order valence-corrected chi connectivity index (χ0v) is 17.2. The van der Waals surface area contributed by atoms with Crippen molar-refractivity contribution in [3.63, 3.8) is 0 Å². The molecular formula is C23H17ClN2O2S. The van der Waals surface area contributed by atoms with Crippen LogP contribution in [0.2, 0.25) is 5.02 Å². The molecule has 0 saturated heterocycles. The summed E-state index contributed by atoms with van der Waals surface area (Å²) in [6.45, 7) is 0. The first-order chi connectivity index (χ1) is 14.2. The Labute approximate surface area is 177 Å². The minimum atomic E-state index is -0.293. The molecule has 0 fully saturated rings. The van der Waals surface area contributed by atoms with Gasteiger partial charge in [0.25, 0.3) is 5.91 Å². The topological polar surface area (TPSA) is 43.6 Å². The molecule has 0 atom stereocenters. The van der Waals surface area contributed by atoms with Crippen LogP contribution in [0.1, 0.15) is 10.4 Å². The summed E-state index contributed by atoms with van der Waals surface area (Å²) in [6.07, 6.45) is 0. The Kier molecular flexibility index (Phi) is 5.60. The van der Waals surface area contributed by atoms with Crippen LogP contribution in [0.3, 0.4) is 0 Å². The Hall–Kier alpha value is -3.15. The number of para-hydroxylation sites is 2. The number of methoxy groups -OCH3 is 1. The summed E-state index contributed by atoms with van der Waals surface area (Å²) < 4.78 is 7.50. The Morgan fingerprint density at radius 3 is 2.38 bits per heavy atom. The maximum absolute atomic E-state index is 12.7. The highest BCUT2D eigenvalue weighted by Crippen LogP contribution is 2.29. The highest BCUT2D eigenvalue weighted by molar-refractivity contribution is 7.07. The van der Waals surface area contributed by atoms with E-state index in [9.17, 15) is 4.79 Å². The molecule has 0 unspecified atom stereocenters. The lowest BCUT2D eigenvalue weighted by Gasteiger charge is -2.13. The fraction of sp³-hybridized carbons (Fsp3) is 0.0435. The van der Waals surface area contributed by atoms with E-state index in [1.807, 2.05) is 76.7 Å². The van der Waals surface area contributed by atoms with Crippen molar-refractivity contribution in [3.8, 4) is 22.7 Å². The van der Waals surface area contributed by atoms with E-state index in [4.69, 9.17) is 16.3 Å². The lowest BCUT2D eigenvalue weighted by Crippen LogP contribution is -2.17. The molecule has 4 nitrogen and oxygen atoms in total. The third kappa shape index (κ3) is 4.01. The highest BCUT2D eigenvalue weighted by Gasteiger charge is 2.15. The summed E-state index contributed by atoms with van der Waals surface area (Å²) in [4.78, 5) is 17.7. The minimum Gasteiger partial charge on any atom is -0.495 e. The van der Waals surface area contributed by atoms with E-state index < -0.39 is 0 Å². The van der Waals surface area contributed by atoms with Gasteiger partial charge in [-0.2, -0.15) is 4.99 Å². The van der Waals surface area contributed by atoms with Crippen LogP contribution >= 0.6 is 22.9 Å². The average molecular weight is 421 g/mol. The second kappa shape index (κ2) is 8.47. The number of aromatic nitrogens is 1. The van der Waals surface area contributed by atoms with Gasteiger partial charge >= 0.3 is 0 Å². The van der Waals surface area contributed by atoms with Gasteiger partial charge < -0.3 is 4.74 Å². The molecule has 0 N–H and O–H groups in total. The van der Waals surface area contributed by atoms with Crippen LogP contribution in [0, 0.1) is 0 Å². The molecule has 4 rings (SSSR count). The normalized spacial score (nSPS) is 11.4. The molecule has 0 spiro atoms. The maximum Gasteiger partial charge on any atom is 0.279 e. The predicted molar refractivity (Wildman–Crippen MR) is 117 cm³/mol. The molecule has 6 heteroatoms. The van der Waals surface area contributed by atoms with Gasteiger partial charge in [0.1, 0.15) is 5.75 Å². The van der Waals surface area contributed by atoms with Crippen LogP contribution in [0.5, 0.6) is 5.75 Å². The highest BCUT2D eigenvalue weighted by atomic mass is 35.5. The van der Waals surface area contributed by atoms with Crippen molar-refractivity contribution in [2.45, 2.75) is 0 Å². The molecule has 1 aromatic heterocycles. The summed E-state index contributed by atoms with van der Waals surface area (Å²) in [7, 11) is 1.62. The standard InChI is InChI=1S/C23H17ClN2O2S/c1-28-21-10-6-5-9-19(21)26-20(16-11-13-18(24)14-12-16)15-29-23(26)25-22(27)17-7-3-2-4-8-17/h2-15H,1H3. The number of benzene rings is 3. The van der Waals surface area contributed by atoms with E-state index in [1.165, 1.54) is 11.3 Å². The van der Waals surface area contributed by atoms with Crippen LogP contribution in [-0.2, 0) is 0 Å². The van der Waals surface area contributed by atoms with Gasteiger partial charge in [0.15, 0.2) is 4.80 Å².